The average molecular weight is 379 g/mol. The summed E-state index contributed by atoms with van der Waals surface area (Å²) in [4.78, 5) is 24.1. The van der Waals surface area contributed by atoms with E-state index in [1.54, 1.807) is 0 Å². The van der Waals surface area contributed by atoms with Gasteiger partial charge in [-0.05, 0) is 36.1 Å². The average Bonchev–Trinajstić information content (AvgIpc) is 2.65. The summed E-state index contributed by atoms with van der Waals surface area (Å²) in [6, 6.07) is 13.0. The fraction of sp³-hybridized carbons (Fsp3) is 0.300. The molecular weight excluding hydrogens is 359 g/mol. The predicted octanol–water partition coefficient (Wildman–Crippen LogP) is 3.54. The van der Waals surface area contributed by atoms with Gasteiger partial charge in [-0.25, -0.2) is 4.79 Å². The fourth-order valence-electron chi connectivity index (χ4n) is 2.59. The highest BCUT2D eigenvalue weighted by molar-refractivity contribution is 5.85. The Labute approximate surface area is 155 Å². The third-order valence-corrected chi connectivity index (χ3v) is 4.03. The fourth-order valence-corrected chi connectivity index (χ4v) is 2.59. The molecular formula is C20H20F3NO3. The van der Waals surface area contributed by atoms with Crippen LogP contribution < -0.4 is 5.32 Å². The molecule has 2 rings (SSSR count). The van der Waals surface area contributed by atoms with E-state index in [1.165, 1.54) is 19.2 Å². The molecule has 0 radical (unpaired) electrons. The Bertz CT molecular complexity index is 758. The Morgan fingerprint density at radius 3 is 2.19 bits per heavy atom. The van der Waals surface area contributed by atoms with Gasteiger partial charge in [-0.1, -0.05) is 42.5 Å². The first-order chi connectivity index (χ1) is 12.8. The lowest BCUT2D eigenvalue weighted by Crippen LogP contribution is -2.42. The Kier molecular flexibility index (Phi) is 6.98. The van der Waals surface area contributed by atoms with Crippen LogP contribution in [0.25, 0.3) is 0 Å². The second kappa shape index (κ2) is 9.21. The molecule has 0 saturated carbocycles. The molecule has 0 bridgehead atoms. The number of hydrogen-bond acceptors (Lipinski definition) is 3. The Hall–Kier alpha value is -2.83. The number of benzene rings is 2. The molecule has 0 aromatic heterocycles. The highest BCUT2D eigenvalue weighted by atomic mass is 19.4. The summed E-state index contributed by atoms with van der Waals surface area (Å²) in [6.07, 6.45) is -3.62. The molecule has 2 aromatic rings. The minimum absolute atomic E-state index is 0.128. The lowest BCUT2D eigenvalue weighted by molar-refractivity contribution is -0.145. The van der Waals surface area contributed by atoms with E-state index in [0.29, 0.717) is 18.4 Å². The number of halogens is 3. The van der Waals surface area contributed by atoms with Gasteiger partial charge in [0.25, 0.3) is 0 Å². The molecule has 1 amide bonds. The van der Waals surface area contributed by atoms with Gasteiger partial charge in [0, 0.05) is 0 Å². The zero-order valence-corrected chi connectivity index (χ0v) is 14.8. The molecule has 0 aliphatic rings. The third kappa shape index (κ3) is 6.44. The number of carbonyl (C=O) groups is 2. The number of ether oxygens (including phenoxy) is 1. The number of nitrogens with one attached hydrogen (secondary N) is 1. The van der Waals surface area contributed by atoms with Gasteiger partial charge in [-0.15, -0.1) is 0 Å². The number of methoxy groups -OCH3 is 1. The van der Waals surface area contributed by atoms with Crippen LogP contribution in [0.4, 0.5) is 13.2 Å². The monoisotopic (exact) mass is 379 g/mol. The van der Waals surface area contributed by atoms with Crippen molar-refractivity contribution >= 4 is 11.9 Å². The van der Waals surface area contributed by atoms with Crippen LogP contribution in [-0.4, -0.2) is 25.0 Å². The molecule has 0 saturated heterocycles. The van der Waals surface area contributed by atoms with Gasteiger partial charge in [-0.2, -0.15) is 13.2 Å². The van der Waals surface area contributed by atoms with Gasteiger partial charge in [0.15, 0.2) is 0 Å². The number of amides is 1. The van der Waals surface area contributed by atoms with Crippen molar-refractivity contribution in [2.24, 2.45) is 0 Å². The quantitative estimate of drug-likeness (QED) is 0.749. The number of aryl methyl sites for hydroxylation is 1. The number of rotatable bonds is 7. The van der Waals surface area contributed by atoms with Gasteiger partial charge < -0.3 is 10.1 Å². The Morgan fingerprint density at radius 2 is 1.63 bits per heavy atom. The topological polar surface area (TPSA) is 55.4 Å². The first-order valence-electron chi connectivity index (χ1n) is 8.37. The molecule has 144 valence electrons. The Morgan fingerprint density at radius 1 is 1.00 bits per heavy atom. The van der Waals surface area contributed by atoms with Crippen molar-refractivity contribution in [3.8, 4) is 0 Å². The van der Waals surface area contributed by atoms with Gasteiger partial charge in [0.2, 0.25) is 5.91 Å². The van der Waals surface area contributed by atoms with Crippen LogP contribution in [0.5, 0.6) is 0 Å². The zero-order valence-electron chi connectivity index (χ0n) is 14.8. The molecule has 27 heavy (non-hydrogen) atoms. The molecule has 1 N–H and O–H groups in total. The summed E-state index contributed by atoms with van der Waals surface area (Å²) in [5.74, 6) is -1.02. The number of esters is 1. The number of hydrogen-bond donors (Lipinski definition) is 1. The van der Waals surface area contributed by atoms with E-state index in [9.17, 15) is 22.8 Å². The number of carbonyl (C=O) groups excluding carboxylic acids is 2. The van der Waals surface area contributed by atoms with E-state index in [0.717, 1.165) is 17.7 Å². The van der Waals surface area contributed by atoms with Crippen molar-refractivity contribution in [3.63, 3.8) is 0 Å². The molecule has 0 fully saturated rings. The lowest BCUT2D eigenvalue weighted by Gasteiger charge is -2.17. The van der Waals surface area contributed by atoms with Crippen LogP contribution in [0.15, 0.2) is 54.6 Å². The standard InChI is InChI=1S/C20H20F3NO3/c1-27-19(26)17(12-9-14-5-3-2-4-6-14)24-18(25)13-15-7-10-16(11-8-15)20(21,22)23/h2-8,10-11,17H,9,12-13H2,1H3,(H,24,25)/t17-/m1/s1. The van der Waals surface area contributed by atoms with Crippen LogP contribution in [0.2, 0.25) is 0 Å². The van der Waals surface area contributed by atoms with Crippen molar-refractivity contribution in [1.82, 2.24) is 5.32 Å². The minimum Gasteiger partial charge on any atom is -0.467 e. The zero-order chi connectivity index (χ0) is 19.9. The van der Waals surface area contributed by atoms with E-state index in [2.05, 4.69) is 5.32 Å². The first kappa shape index (κ1) is 20.5. The maximum absolute atomic E-state index is 12.6. The van der Waals surface area contributed by atoms with Crippen LogP contribution in [0, 0.1) is 0 Å². The number of alkyl halides is 3. The smallest absolute Gasteiger partial charge is 0.416 e. The van der Waals surface area contributed by atoms with Crippen molar-refractivity contribution in [2.45, 2.75) is 31.5 Å². The lowest BCUT2D eigenvalue weighted by atomic mass is 10.0. The van der Waals surface area contributed by atoms with E-state index in [4.69, 9.17) is 4.74 Å². The summed E-state index contributed by atoms with van der Waals surface area (Å²) >= 11 is 0. The SMILES string of the molecule is COC(=O)[C@@H](CCc1ccccc1)NC(=O)Cc1ccc(C(F)(F)F)cc1. The predicted molar refractivity (Wildman–Crippen MR) is 93.9 cm³/mol. The van der Waals surface area contributed by atoms with E-state index >= 15 is 0 Å². The van der Waals surface area contributed by atoms with Crippen LogP contribution in [0.1, 0.15) is 23.1 Å². The molecule has 1 atom stereocenters. The van der Waals surface area contributed by atoms with Gasteiger partial charge >= 0.3 is 12.1 Å². The molecule has 4 nitrogen and oxygen atoms in total. The normalized spacial score (nSPS) is 12.3. The van der Waals surface area contributed by atoms with E-state index in [-0.39, 0.29) is 6.42 Å². The highest BCUT2D eigenvalue weighted by Gasteiger charge is 2.30. The molecule has 0 spiro atoms. The van der Waals surface area contributed by atoms with E-state index in [1.807, 2.05) is 30.3 Å². The molecule has 2 aromatic carbocycles. The summed E-state index contributed by atoms with van der Waals surface area (Å²) < 4.78 is 42.5. The van der Waals surface area contributed by atoms with Crippen LogP contribution in [0.3, 0.4) is 0 Å². The van der Waals surface area contributed by atoms with Gasteiger partial charge in [-0.3, -0.25) is 4.79 Å². The molecule has 7 heteroatoms. The summed E-state index contributed by atoms with van der Waals surface area (Å²) in [5.41, 5.74) is 0.664. The second-order valence-corrected chi connectivity index (χ2v) is 6.04. The summed E-state index contributed by atoms with van der Waals surface area (Å²) in [6.45, 7) is 0. The minimum atomic E-state index is -4.42. The molecule has 0 aliphatic carbocycles. The van der Waals surface area contributed by atoms with Gasteiger partial charge in [0.05, 0.1) is 19.1 Å². The summed E-state index contributed by atoms with van der Waals surface area (Å²) in [5, 5.41) is 2.60. The third-order valence-electron chi connectivity index (χ3n) is 4.03. The van der Waals surface area contributed by atoms with Crippen LogP contribution >= 0.6 is 0 Å². The maximum atomic E-state index is 12.6. The van der Waals surface area contributed by atoms with Crippen molar-refractivity contribution < 1.29 is 27.5 Å². The highest BCUT2D eigenvalue weighted by Crippen LogP contribution is 2.29. The molecule has 0 heterocycles. The van der Waals surface area contributed by atoms with Gasteiger partial charge in [0.1, 0.15) is 6.04 Å². The van der Waals surface area contributed by atoms with Crippen LogP contribution in [-0.2, 0) is 33.3 Å². The first-order valence-corrected chi connectivity index (χ1v) is 8.37. The molecule has 0 unspecified atom stereocenters. The molecule has 0 aliphatic heterocycles. The largest absolute Gasteiger partial charge is 0.467 e. The van der Waals surface area contributed by atoms with Crippen molar-refractivity contribution in [3.05, 3.63) is 71.3 Å². The Balaban J connectivity index is 1.95. The maximum Gasteiger partial charge on any atom is 0.416 e. The van der Waals surface area contributed by atoms with E-state index < -0.39 is 29.7 Å². The summed E-state index contributed by atoms with van der Waals surface area (Å²) in [7, 11) is 1.24. The second-order valence-electron chi connectivity index (χ2n) is 6.04. The van der Waals surface area contributed by atoms with Crippen molar-refractivity contribution in [1.29, 1.82) is 0 Å². The van der Waals surface area contributed by atoms with Crippen molar-refractivity contribution in [2.75, 3.05) is 7.11 Å².